The van der Waals surface area contributed by atoms with Crippen molar-refractivity contribution in [1.29, 1.82) is 0 Å². The maximum absolute atomic E-state index is 10.9. The molecule has 2 aromatic rings. The second-order valence-corrected chi connectivity index (χ2v) is 6.08. The number of rotatable bonds is 3. The molecule has 1 aliphatic rings. The van der Waals surface area contributed by atoms with Gasteiger partial charge in [0.2, 0.25) is 0 Å². The molecule has 2 heterocycles. The summed E-state index contributed by atoms with van der Waals surface area (Å²) in [6, 6.07) is 4.81. The third kappa shape index (κ3) is 2.76. The molecule has 0 aliphatic carbocycles. The van der Waals surface area contributed by atoms with E-state index in [0.717, 1.165) is 12.3 Å². The Labute approximate surface area is 115 Å². The second-order valence-electron chi connectivity index (χ2n) is 4.86. The number of aromatic nitrogens is 1. The van der Waals surface area contributed by atoms with Crippen molar-refractivity contribution in [3.63, 3.8) is 0 Å². The van der Waals surface area contributed by atoms with E-state index in [1.165, 1.54) is 24.3 Å². The van der Waals surface area contributed by atoms with Gasteiger partial charge in [-0.2, -0.15) is 11.8 Å². The van der Waals surface area contributed by atoms with Crippen molar-refractivity contribution in [1.82, 2.24) is 4.98 Å². The van der Waals surface area contributed by atoms with E-state index >= 15 is 0 Å². The van der Waals surface area contributed by atoms with Crippen LogP contribution in [0.1, 0.15) is 29.1 Å². The highest BCUT2D eigenvalue weighted by atomic mass is 32.2. The van der Waals surface area contributed by atoms with Gasteiger partial charge in [0.15, 0.2) is 11.5 Å². The van der Waals surface area contributed by atoms with Crippen molar-refractivity contribution in [3.05, 3.63) is 29.7 Å². The van der Waals surface area contributed by atoms with Gasteiger partial charge < -0.3 is 9.52 Å². The third-order valence-electron chi connectivity index (χ3n) is 3.48. The first-order valence-electron chi connectivity index (χ1n) is 6.43. The number of benzene rings is 1. The molecule has 1 N–H and O–H groups in total. The summed E-state index contributed by atoms with van der Waals surface area (Å²) in [5.74, 6) is 2.88. The van der Waals surface area contributed by atoms with Gasteiger partial charge in [0, 0.05) is 6.42 Å². The summed E-state index contributed by atoms with van der Waals surface area (Å²) in [6.45, 7) is 0. The summed E-state index contributed by atoms with van der Waals surface area (Å²) in [7, 11) is 0. The van der Waals surface area contributed by atoms with E-state index < -0.39 is 5.97 Å². The van der Waals surface area contributed by atoms with Crippen LogP contribution in [0.4, 0.5) is 0 Å². The molecule has 100 valence electrons. The standard InChI is InChI=1S/C14H15NO3S/c16-14(17)10-1-2-12-11(8-10)15-13(18-12)7-9-3-5-19-6-4-9/h1-2,8-9H,3-7H2,(H,16,17). The highest BCUT2D eigenvalue weighted by Gasteiger charge is 2.17. The van der Waals surface area contributed by atoms with E-state index in [2.05, 4.69) is 4.98 Å². The maximum Gasteiger partial charge on any atom is 0.335 e. The predicted molar refractivity (Wildman–Crippen MR) is 74.7 cm³/mol. The number of fused-ring (bicyclic) bond motifs is 1. The summed E-state index contributed by atoms with van der Waals surface area (Å²) < 4.78 is 5.69. The van der Waals surface area contributed by atoms with E-state index in [1.807, 2.05) is 11.8 Å². The Balaban J connectivity index is 1.82. The first-order chi connectivity index (χ1) is 9.22. The molecule has 5 heteroatoms. The first-order valence-corrected chi connectivity index (χ1v) is 7.58. The molecule has 1 aromatic carbocycles. The van der Waals surface area contributed by atoms with Crippen LogP contribution in [0.5, 0.6) is 0 Å². The van der Waals surface area contributed by atoms with Crippen molar-refractivity contribution < 1.29 is 14.3 Å². The van der Waals surface area contributed by atoms with Crippen molar-refractivity contribution in [3.8, 4) is 0 Å². The third-order valence-corrected chi connectivity index (χ3v) is 4.53. The van der Waals surface area contributed by atoms with Crippen LogP contribution < -0.4 is 0 Å². The number of carbonyl (C=O) groups is 1. The summed E-state index contributed by atoms with van der Waals surface area (Å²) in [5, 5.41) is 8.95. The highest BCUT2D eigenvalue weighted by Crippen LogP contribution is 2.27. The van der Waals surface area contributed by atoms with Crippen molar-refractivity contribution in [2.75, 3.05) is 11.5 Å². The minimum absolute atomic E-state index is 0.251. The molecule has 3 rings (SSSR count). The fourth-order valence-corrected chi connectivity index (χ4v) is 3.60. The smallest absolute Gasteiger partial charge is 0.335 e. The zero-order chi connectivity index (χ0) is 13.2. The summed E-state index contributed by atoms with van der Waals surface area (Å²) in [6.07, 6.45) is 3.28. The highest BCUT2D eigenvalue weighted by molar-refractivity contribution is 7.99. The van der Waals surface area contributed by atoms with Gasteiger partial charge in [0.05, 0.1) is 5.56 Å². The topological polar surface area (TPSA) is 63.3 Å². The van der Waals surface area contributed by atoms with Crippen LogP contribution in [-0.4, -0.2) is 27.6 Å². The van der Waals surface area contributed by atoms with Gasteiger partial charge in [0.25, 0.3) is 0 Å². The molecule has 0 amide bonds. The Morgan fingerprint density at radius 2 is 2.21 bits per heavy atom. The molecule has 1 aliphatic heterocycles. The van der Waals surface area contributed by atoms with E-state index in [-0.39, 0.29) is 5.56 Å². The van der Waals surface area contributed by atoms with E-state index in [4.69, 9.17) is 9.52 Å². The van der Waals surface area contributed by atoms with Crippen LogP contribution in [0.3, 0.4) is 0 Å². The largest absolute Gasteiger partial charge is 0.478 e. The van der Waals surface area contributed by atoms with Gasteiger partial charge in [-0.25, -0.2) is 9.78 Å². The van der Waals surface area contributed by atoms with Gasteiger partial charge >= 0.3 is 5.97 Å². The minimum Gasteiger partial charge on any atom is -0.478 e. The molecule has 19 heavy (non-hydrogen) atoms. The minimum atomic E-state index is -0.934. The van der Waals surface area contributed by atoms with Crippen molar-refractivity contribution in [2.24, 2.45) is 5.92 Å². The Hall–Kier alpha value is -1.49. The molecule has 0 saturated carbocycles. The number of carboxylic acids is 1. The lowest BCUT2D eigenvalue weighted by molar-refractivity contribution is 0.0697. The lowest BCUT2D eigenvalue weighted by Crippen LogP contribution is -2.12. The lowest BCUT2D eigenvalue weighted by atomic mass is 9.99. The van der Waals surface area contributed by atoms with Crippen molar-refractivity contribution in [2.45, 2.75) is 19.3 Å². The van der Waals surface area contributed by atoms with Crippen LogP contribution >= 0.6 is 11.8 Å². The number of aromatic carboxylic acids is 1. The second kappa shape index (κ2) is 5.25. The average molecular weight is 277 g/mol. The maximum atomic E-state index is 10.9. The quantitative estimate of drug-likeness (QED) is 0.933. The monoisotopic (exact) mass is 277 g/mol. The Bertz CT molecular complexity index is 602. The van der Waals surface area contributed by atoms with Gasteiger partial charge in [-0.05, 0) is 48.5 Å². The van der Waals surface area contributed by atoms with E-state index in [0.29, 0.717) is 17.0 Å². The Morgan fingerprint density at radius 3 is 2.95 bits per heavy atom. The Morgan fingerprint density at radius 1 is 1.42 bits per heavy atom. The van der Waals surface area contributed by atoms with E-state index in [9.17, 15) is 4.79 Å². The van der Waals surface area contributed by atoms with Crippen LogP contribution in [-0.2, 0) is 6.42 Å². The zero-order valence-corrected chi connectivity index (χ0v) is 11.3. The van der Waals surface area contributed by atoms with Gasteiger partial charge in [0.1, 0.15) is 5.52 Å². The first kappa shape index (κ1) is 12.5. The van der Waals surface area contributed by atoms with E-state index in [1.54, 1.807) is 18.2 Å². The molecule has 0 spiro atoms. The fourth-order valence-electron chi connectivity index (χ4n) is 2.39. The number of hydrogen-bond acceptors (Lipinski definition) is 4. The fraction of sp³-hybridized carbons (Fsp3) is 0.429. The number of thioether (sulfide) groups is 1. The molecule has 0 bridgehead atoms. The number of hydrogen-bond donors (Lipinski definition) is 1. The number of nitrogens with zero attached hydrogens (tertiary/aromatic N) is 1. The molecule has 1 saturated heterocycles. The van der Waals surface area contributed by atoms with Crippen molar-refractivity contribution >= 4 is 28.8 Å². The van der Waals surface area contributed by atoms with Crippen LogP contribution in [0.25, 0.3) is 11.1 Å². The predicted octanol–water partition coefficient (Wildman–Crippen LogP) is 3.21. The summed E-state index contributed by atoms with van der Waals surface area (Å²) in [4.78, 5) is 15.3. The molecule has 0 atom stereocenters. The molecule has 0 radical (unpaired) electrons. The van der Waals surface area contributed by atoms with Gasteiger partial charge in [-0.1, -0.05) is 0 Å². The number of oxazole rings is 1. The molecule has 0 unspecified atom stereocenters. The van der Waals surface area contributed by atoms with Crippen LogP contribution in [0, 0.1) is 5.92 Å². The number of carboxylic acid groups (broad SMARTS) is 1. The zero-order valence-electron chi connectivity index (χ0n) is 10.5. The SMILES string of the molecule is O=C(O)c1ccc2oc(CC3CCSCC3)nc2c1. The van der Waals surface area contributed by atoms with Crippen LogP contribution in [0.2, 0.25) is 0 Å². The van der Waals surface area contributed by atoms with Crippen LogP contribution in [0.15, 0.2) is 22.6 Å². The van der Waals surface area contributed by atoms with Gasteiger partial charge in [-0.3, -0.25) is 0 Å². The average Bonchev–Trinajstić information content (AvgIpc) is 2.80. The Kier molecular flexibility index (Phi) is 3.46. The summed E-state index contributed by atoms with van der Waals surface area (Å²) in [5.41, 5.74) is 1.56. The molecule has 1 aromatic heterocycles. The normalized spacial score (nSPS) is 16.8. The molecular weight excluding hydrogens is 262 g/mol. The van der Waals surface area contributed by atoms with Gasteiger partial charge in [-0.15, -0.1) is 0 Å². The summed E-state index contributed by atoms with van der Waals surface area (Å²) >= 11 is 2.00. The molecule has 4 nitrogen and oxygen atoms in total. The lowest BCUT2D eigenvalue weighted by Gasteiger charge is -2.19. The molecular formula is C14H15NO3S. The molecule has 1 fully saturated rings.